The van der Waals surface area contributed by atoms with Crippen molar-refractivity contribution in [1.29, 1.82) is 0 Å². The van der Waals surface area contributed by atoms with Crippen LogP contribution in [-0.4, -0.2) is 16.6 Å². The summed E-state index contributed by atoms with van der Waals surface area (Å²) in [7, 11) is 0. The second kappa shape index (κ2) is 6.03. The zero-order valence-electron chi connectivity index (χ0n) is 11.4. The smallest absolute Gasteiger partial charge is 0.221 e. The van der Waals surface area contributed by atoms with E-state index in [1.54, 1.807) is 0 Å². The van der Waals surface area contributed by atoms with Crippen molar-refractivity contribution in [2.45, 2.75) is 52.4 Å². The summed E-state index contributed by atoms with van der Waals surface area (Å²) in [5.41, 5.74) is 6.74. The minimum absolute atomic E-state index is 0.542. The van der Waals surface area contributed by atoms with Crippen molar-refractivity contribution in [1.82, 2.24) is 9.97 Å². The number of aromatic nitrogens is 2. The largest absolute Gasteiger partial charge is 0.477 e. The highest BCUT2D eigenvalue weighted by molar-refractivity contribution is 5.44. The molecule has 0 saturated heterocycles. The first-order valence-corrected chi connectivity index (χ1v) is 6.96. The van der Waals surface area contributed by atoms with Crippen LogP contribution >= 0.6 is 0 Å². The predicted octanol–water partition coefficient (Wildman–Crippen LogP) is 2.89. The molecule has 1 aromatic heterocycles. The molecular formula is C14H23N3O. The average molecular weight is 249 g/mol. The Morgan fingerprint density at radius 3 is 2.61 bits per heavy atom. The summed E-state index contributed by atoms with van der Waals surface area (Å²) in [4.78, 5) is 8.66. The van der Waals surface area contributed by atoms with Crippen molar-refractivity contribution in [2.24, 2.45) is 5.92 Å². The third-order valence-corrected chi connectivity index (χ3v) is 3.68. The Hall–Kier alpha value is -1.32. The van der Waals surface area contributed by atoms with Gasteiger partial charge in [-0.25, -0.2) is 4.98 Å². The van der Waals surface area contributed by atoms with E-state index in [1.807, 2.05) is 13.8 Å². The Morgan fingerprint density at radius 2 is 1.94 bits per heavy atom. The van der Waals surface area contributed by atoms with Crippen molar-refractivity contribution in [3.63, 3.8) is 0 Å². The van der Waals surface area contributed by atoms with Gasteiger partial charge in [-0.3, -0.25) is 0 Å². The SMILES string of the molecule is CCc1nc(N)c(C)c(OCC2CCCCC2)n1. The molecule has 0 aliphatic heterocycles. The first-order chi connectivity index (χ1) is 8.70. The second-order valence-electron chi connectivity index (χ2n) is 5.12. The summed E-state index contributed by atoms with van der Waals surface area (Å²) in [6, 6.07) is 0. The zero-order valence-corrected chi connectivity index (χ0v) is 11.4. The number of hydrogen-bond donors (Lipinski definition) is 1. The predicted molar refractivity (Wildman–Crippen MR) is 72.6 cm³/mol. The highest BCUT2D eigenvalue weighted by atomic mass is 16.5. The zero-order chi connectivity index (χ0) is 13.0. The van der Waals surface area contributed by atoms with E-state index in [9.17, 15) is 0 Å². The standard InChI is InChI=1S/C14H23N3O/c1-3-12-16-13(15)10(2)14(17-12)18-9-11-7-5-4-6-8-11/h11H,3-9H2,1-2H3,(H2,15,16,17). The maximum absolute atomic E-state index is 5.87. The molecule has 0 amide bonds. The molecule has 0 spiro atoms. The summed E-state index contributed by atoms with van der Waals surface area (Å²) < 4.78 is 5.87. The van der Waals surface area contributed by atoms with Gasteiger partial charge in [0.05, 0.1) is 12.2 Å². The maximum atomic E-state index is 5.87. The summed E-state index contributed by atoms with van der Waals surface area (Å²) in [6.07, 6.45) is 7.37. The molecular weight excluding hydrogens is 226 g/mol. The number of anilines is 1. The van der Waals surface area contributed by atoms with Crippen LogP contribution in [0.15, 0.2) is 0 Å². The van der Waals surface area contributed by atoms with Gasteiger partial charge in [-0.2, -0.15) is 4.98 Å². The van der Waals surface area contributed by atoms with Gasteiger partial charge in [0.15, 0.2) is 0 Å². The van der Waals surface area contributed by atoms with Crippen LogP contribution in [0.2, 0.25) is 0 Å². The lowest BCUT2D eigenvalue weighted by atomic mass is 9.90. The summed E-state index contributed by atoms with van der Waals surface area (Å²) in [5.74, 6) is 2.65. The molecule has 1 fully saturated rings. The van der Waals surface area contributed by atoms with E-state index in [4.69, 9.17) is 10.5 Å². The van der Waals surface area contributed by atoms with Crippen LogP contribution in [0.4, 0.5) is 5.82 Å². The van der Waals surface area contributed by atoms with Crippen LogP contribution in [0.3, 0.4) is 0 Å². The molecule has 1 heterocycles. The van der Waals surface area contributed by atoms with E-state index in [2.05, 4.69) is 9.97 Å². The lowest BCUT2D eigenvalue weighted by Gasteiger charge is -2.22. The Kier molecular flexibility index (Phi) is 4.39. The molecule has 2 rings (SSSR count). The van der Waals surface area contributed by atoms with E-state index in [-0.39, 0.29) is 0 Å². The molecule has 2 N–H and O–H groups in total. The van der Waals surface area contributed by atoms with Crippen LogP contribution in [0.5, 0.6) is 5.88 Å². The number of nitrogen functional groups attached to an aromatic ring is 1. The lowest BCUT2D eigenvalue weighted by molar-refractivity contribution is 0.201. The van der Waals surface area contributed by atoms with Gasteiger partial charge >= 0.3 is 0 Å². The Labute approximate surface area is 109 Å². The van der Waals surface area contributed by atoms with Crippen LogP contribution in [-0.2, 0) is 6.42 Å². The molecule has 0 aromatic carbocycles. The molecule has 0 atom stereocenters. The number of aryl methyl sites for hydroxylation is 1. The van der Waals surface area contributed by atoms with Gasteiger partial charge in [0.25, 0.3) is 0 Å². The van der Waals surface area contributed by atoms with E-state index >= 15 is 0 Å². The van der Waals surface area contributed by atoms with Gasteiger partial charge in [0.1, 0.15) is 11.6 Å². The van der Waals surface area contributed by atoms with Gasteiger partial charge in [0, 0.05) is 6.42 Å². The van der Waals surface area contributed by atoms with Gasteiger partial charge in [-0.05, 0) is 25.7 Å². The number of nitrogens with zero attached hydrogens (tertiary/aromatic N) is 2. The molecule has 0 bridgehead atoms. The Bertz CT molecular complexity index is 400. The Balaban J connectivity index is 2.01. The van der Waals surface area contributed by atoms with Gasteiger partial charge in [0.2, 0.25) is 5.88 Å². The van der Waals surface area contributed by atoms with Gasteiger partial charge in [-0.1, -0.05) is 26.2 Å². The average Bonchev–Trinajstić information content (AvgIpc) is 2.41. The van der Waals surface area contributed by atoms with E-state index in [0.717, 1.165) is 24.4 Å². The molecule has 0 radical (unpaired) electrons. The first kappa shape index (κ1) is 13.1. The topological polar surface area (TPSA) is 61.0 Å². The number of rotatable bonds is 4. The third kappa shape index (κ3) is 3.12. The minimum atomic E-state index is 0.542. The fourth-order valence-electron chi connectivity index (χ4n) is 2.41. The van der Waals surface area contributed by atoms with Crippen LogP contribution < -0.4 is 10.5 Å². The molecule has 4 nitrogen and oxygen atoms in total. The molecule has 1 saturated carbocycles. The summed E-state index contributed by atoms with van der Waals surface area (Å²) in [6.45, 7) is 4.71. The number of nitrogens with two attached hydrogens (primary N) is 1. The van der Waals surface area contributed by atoms with Crippen LogP contribution in [0, 0.1) is 12.8 Å². The molecule has 4 heteroatoms. The Morgan fingerprint density at radius 1 is 1.22 bits per heavy atom. The van der Waals surface area contributed by atoms with Crippen molar-refractivity contribution in [3.05, 3.63) is 11.4 Å². The summed E-state index contributed by atoms with van der Waals surface area (Å²) in [5, 5.41) is 0. The van der Waals surface area contributed by atoms with Gasteiger partial charge in [-0.15, -0.1) is 0 Å². The van der Waals surface area contributed by atoms with Crippen LogP contribution in [0.25, 0.3) is 0 Å². The first-order valence-electron chi connectivity index (χ1n) is 6.96. The number of hydrogen-bond acceptors (Lipinski definition) is 4. The fraction of sp³-hybridized carbons (Fsp3) is 0.714. The van der Waals surface area contributed by atoms with Crippen LogP contribution in [0.1, 0.15) is 50.4 Å². The van der Waals surface area contributed by atoms with E-state index in [0.29, 0.717) is 17.6 Å². The molecule has 1 aliphatic rings. The normalized spacial score (nSPS) is 16.8. The van der Waals surface area contributed by atoms with Gasteiger partial charge < -0.3 is 10.5 Å². The van der Waals surface area contributed by atoms with Crippen molar-refractivity contribution >= 4 is 5.82 Å². The monoisotopic (exact) mass is 249 g/mol. The second-order valence-corrected chi connectivity index (χ2v) is 5.12. The van der Waals surface area contributed by atoms with Crippen molar-refractivity contribution < 1.29 is 4.74 Å². The third-order valence-electron chi connectivity index (χ3n) is 3.68. The van der Waals surface area contributed by atoms with E-state index < -0.39 is 0 Å². The lowest BCUT2D eigenvalue weighted by Crippen LogP contribution is -2.17. The molecule has 18 heavy (non-hydrogen) atoms. The molecule has 100 valence electrons. The molecule has 0 unspecified atom stereocenters. The summed E-state index contributed by atoms with van der Waals surface area (Å²) >= 11 is 0. The number of ether oxygens (including phenoxy) is 1. The van der Waals surface area contributed by atoms with E-state index in [1.165, 1.54) is 32.1 Å². The van der Waals surface area contributed by atoms with Crippen molar-refractivity contribution in [3.8, 4) is 5.88 Å². The fourth-order valence-corrected chi connectivity index (χ4v) is 2.41. The maximum Gasteiger partial charge on any atom is 0.221 e. The molecule has 1 aromatic rings. The quantitative estimate of drug-likeness (QED) is 0.891. The van der Waals surface area contributed by atoms with Crippen molar-refractivity contribution in [2.75, 3.05) is 12.3 Å². The minimum Gasteiger partial charge on any atom is -0.477 e. The highest BCUT2D eigenvalue weighted by Gasteiger charge is 2.16. The highest BCUT2D eigenvalue weighted by Crippen LogP contribution is 2.26. The molecule has 1 aliphatic carbocycles.